The van der Waals surface area contributed by atoms with Crippen molar-refractivity contribution in [2.24, 2.45) is 5.92 Å². The molecule has 1 rings (SSSR count). The Balaban J connectivity index is 2.52. The first-order valence-corrected chi connectivity index (χ1v) is 6.69. The van der Waals surface area contributed by atoms with Crippen LogP contribution in [0.25, 0.3) is 0 Å². The Kier molecular flexibility index (Phi) is 5.39. The summed E-state index contributed by atoms with van der Waals surface area (Å²) in [6.45, 7) is 7.68. The van der Waals surface area contributed by atoms with Crippen LogP contribution in [0.5, 0.6) is 0 Å². The van der Waals surface area contributed by atoms with Crippen molar-refractivity contribution in [3.63, 3.8) is 0 Å². The molecule has 0 amide bonds. The number of nitrogens with one attached hydrogen (secondary N) is 1. The summed E-state index contributed by atoms with van der Waals surface area (Å²) < 4.78 is 0. The van der Waals surface area contributed by atoms with Gasteiger partial charge in [0.05, 0.1) is 17.7 Å². The van der Waals surface area contributed by atoms with E-state index in [2.05, 4.69) is 35.6 Å². The predicted molar refractivity (Wildman–Crippen MR) is 72.1 cm³/mol. The van der Waals surface area contributed by atoms with Gasteiger partial charge in [-0.15, -0.1) is 11.3 Å². The van der Waals surface area contributed by atoms with Gasteiger partial charge in [-0.2, -0.15) is 5.26 Å². The summed E-state index contributed by atoms with van der Waals surface area (Å²) in [5.41, 5.74) is 1.06. The quantitative estimate of drug-likeness (QED) is 0.843. The second kappa shape index (κ2) is 6.58. The lowest BCUT2D eigenvalue weighted by atomic mass is 10.2. The number of aromatic nitrogens is 1. The summed E-state index contributed by atoms with van der Waals surface area (Å²) in [5.74, 6) is 0.0288. The van der Waals surface area contributed by atoms with Crippen molar-refractivity contribution in [2.45, 2.75) is 33.4 Å². The van der Waals surface area contributed by atoms with Crippen LogP contribution in [0.15, 0.2) is 5.38 Å². The number of thiazole rings is 1. The monoisotopic (exact) mass is 252 g/mol. The fourth-order valence-corrected chi connectivity index (χ4v) is 2.19. The van der Waals surface area contributed by atoms with Gasteiger partial charge in [-0.05, 0) is 6.92 Å². The second-order valence-corrected chi connectivity index (χ2v) is 5.40. The maximum atomic E-state index is 8.78. The average molecular weight is 252 g/mol. The zero-order valence-electron chi connectivity index (χ0n) is 10.9. The third kappa shape index (κ3) is 4.72. The highest BCUT2D eigenvalue weighted by Gasteiger charge is 2.10. The first-order valence-electron chi connectivity index (χ1n) is 5.81. The van der Waals surface area contributed by atoms with Gasteiger partial charge in [0.25, 0.3) is 0 Å². The van der Waals surface area contributed by atoms with Crippen LogP contribution in [0.4, 0.5) is 5.13 Å². The molecule has 0 bridgehead atoms. The highest BCUT2D eigenvalue weighted by molar-refractivity contribution is 7.13. The number of nitriles is 1. The minimum absolute atomic E-state index is 0.0288. The summed E-state index contributed by atoms with van der Waals surface area (Å²) in [4.78, 5) is 6.58. The van der Waals surface area contributed by atoms with Crippen molar-refractivity contribution in [2.75, 3.05) is 18.5 Å². The Morgan fingerprint density at radius 1 is 1.53 bits per heavy atom. The van der Waals surface area contributed by atoms with Gasteiger partial charge in [-0.25, -0.2) is 4.98 Å². The molecule has 0 saturated carbocycles. The molecule has 1 heterocycles. The zero-order chi connectivity index (χ0) is 12.8. The van der Waals surface area contributed by atoms with E-state index in [9.17, 15) is 0 Å². The smallest absolute Gasteiger partial charge is 0.185 e. The number of hydrogen-bond donors (Lipinski definition) is 1. The Morgan fingerprint density at radius 2 is 2.24 bits per heavy atom. The summed E-state index contributed by atoms with van der Waals surface area (Å²) in [7, 11) is 1.98. The van der Waals surface area contributed by atoms with E-state index in [0.29, 0.717) is 6.04 Å². The van der Waals surface area contributed by atoms with Gasteiger partial charge in [-0.1, -0.05) is 13.8 Å². The summed E-state index contributed by atoms with van der Waals surface area (Å²) in [5, 5.41) is 15.2. The van der Waals surface area contributed by atoms with Gasteiger partial charge < -0.3 is 10.2 Å². The van der Waals surface area contributed by atoms with Crippen molar-refractivity contribution in [1.82, 2.24) is 10.3 Å². The summed E-state index contributed by atoms with van der Waals surface area (Å²) in [6.07, 6.45) is 0. The van der Waals surface area contributed by atoms with Crippen LogP contribution in [-0.2, 0) is 6.54 Å². The molecule has 1 unspecified atom stereocenters. The molecule has 94 valence electrons. The molecule has 0 fully saturated rings. The molecule has 0 aromatic carbocycles. The van der Waals surface area contributed by atoms with Crippen LogP contribution in [0, 0.1) is 17.2 Å². The van der Waals surface area contributed by atoms with E-state index in [1.165, 1.54) is 0 Å². The molecule has 5 heteroatoms. The molecular formula is C12H20N4S. The van der Waals surface area contributed by atoms with Gasteiger partial charge in [0, 0.05) is 31.6 Å². The van der Waals surface area contributed by atoms with Gasteiger partial charge in [0.2, 0.25) is 0 Å². The van der Waals surface area contributed by atoms with E-state index in [0.717, 1.165) is 23.9 Å². The predicted octanol–water partition coefficient (Wildman–Crippen LogP) is 2.24. The van der Waals surface area contributed by atoms with E-state index in [4.69, 9.17) is 5.26 Å². The van der Waals surface area contributed by atoms with Crippen LogP contribution < -0.4 is 10.2 Å². The van der Waals surface area contributed by atoms with E-state index >= 15 is 0 Å². The average Bonchev–Trinajstić information content (AvgIpc) is 2.74. The molecule has 0 radical (unpaired) electrons. The minimum Gasteiger partial charge on any atom is -0.350 e. The van der Waals surface area contributed by atoms with E-state index in [1.807, 2.05) is 18.9 Å². The number of hydrogen-bond acceptors (Lipinski definition) is 5. The molecule has 0 aliphatic carbocycles. The Labute approximate surface area is 107 Å². The maximum absolute atomic E-state index is 8.78. The minimum atomic E-state index is 0.0288. The third-order valence-electron chi connectivity index (χ3n) is 2.33. The van der Waals surface area contributed by atoms with Crippen molar-refractivity contribution in [1.29, 1.82) is 5.26 Å². The Hall–Kier alpha value is -1.12. The van der Waals surface area contributed by atoms with Crippen molar-refractivity contribution in [3.8, 4) is 6.07 Å². The first kappa shape index (κ1) is 13.9. The van der Waals surface area contributed by atoms with Crippen molar-refractivity contribution >= 4 is 16.5 Å². The molecule has 0 saturated heterocycles. The van der Waals surface area contributed by atoms with Gasteiger partial charge in [-0.3, -0.25) is 0 Å². The lowest BCUT2D eigenvalue weighted by Crippen LogP contribution is -2.24. The largest absolute Gasteiger partial charge is 0.350 e. The number of rotatable bonds is 6. The summed E-state index contributed by atoms with van der Waals surface area (Å²) >= 11 is 1.63. The van der Waals surface area contributed by atoms with Crippen LogP contribution in [0.1, 0.15) is 26.5 Å². The molecule has 0 aliphatic heterocycles. The Morgan fingerprint density at radius 3 is 2.82 bits per heavy atom. The second-order valence-electron chi connectivity index (χ2n) is 4.57. The highest BCUT2D eigenvalue weighted by atomic mass is 32.1. The van der Waals surface area contributed by atoms with Gasteiger partial charge >= 0.3 is 0 Å². The number of anilines is 1. The number of nitrogens with zero attached hydrogens (tertiary/aromatic N) is 3. The molecule has 17 heavy (non-hydrogen) atoms. The van der Waals surface area contributed by atoms with Crippen LogP contribution in [0.3, 0.4) is 0 Å². The molecule has 1 aromatic rings. The van der Waals surface area contributed by atoms with Gasteiger partial charge in [0.1, 0.15) is 0 Å². The lowest BCUT2D eigenvalue weighted by molar-refractivity contribution is 0.582. The molecule has 1 N–H and O–H groups in total. The Bertz CT molecular complexity index is 380. The van der Waals surface area contributed by atoms with Crippen molar-refractivity contribution < 1.29 is 0 Å². The highest BCUT2D eigenvalue weighted by Crippen LogP contribution is 2.20. The van der Waals surface area contributed by atoms with Crippen LogP contribution in [0.2, 0.25) is 0 Å². The standard InChI is InChI=1S/C12H20N4S/c1-9(2)14-6-11-8-17-12(15-11)16(4)7-10(3)5-13/h8-10,14H,6-7H2,1-4H3. The van der Waals surface area contributed by atoms with E-state index in [-0.39, 0.29) is 5.92 Å². The lowest BCUT2D eigenvalue weighted by Gasteiger charge is -2.16. The van der Waals surface area contributed by atoms with Crippen molar-refractivity contribution in [3.05, 3.63) is 11.1 Å². The molecule has 1 atom stereocenters. The van der Waals surface area contributed by atoms with E-state index in [1.54, 1.807) is 11.3 Å². The molecular weight excluding hydrogens is 232 g/mol. The summed E-state index contributed by atoms with van der Waals surface area (Å²) in [6, 6.07) is 2.70. The first-order chi connectivity index (χ1) is 8.02. The fraction of sp³-hybridized carbons (Fsp3) is 0.667. The van der Waals surface area contributed by atoms with Crippen LogP contribution >= 0.6 is 11.3 Å². The molecule has 0 aliphatic rings. The molecule has 0 spiro atoms. The molecule has 1 aromatic heterocycles. The molecule has 4 nitrogen and oxygen atoms in total. The maximum Gasteiger partial charge on any atom is 0.185 e. The van der Waals surface area contributed by atoms with Gasteiger partial charge in [0.15, 0.2) is 5.13 Å². The topological polar surface area (TPSA) is 52.0 Å². The third-order valence-corrected chi connectivity index (χ3v) is 3.33. The fourth-order valence-electron chi connectivity index (χ4n) is 1.39. The normalized spacial score (nSPS) is 12.5. The SMILES string of the molecule is CC(C#N)CN(C)c1nc(CNC(C)C)cs1. The van der Waals surface area contributed by atoms with Crippen LogP contribution in [-0.4, -0.2) is 24.6 Å². The van der Waals surface area contributed by atoms with E-state index < -0.39 is 0 Å². The zero-order valence-corrected chi connectivity index (χ0v) is 11.7.